The van der Waals surface area contributed by atoms with Gasteiger partial charge in [0.15, 0.2) is 0 Å². The predicted molar refractivity (Wildman–Crippen MR) is 124 cm³/mol. The molecule has 0 aromatic heterocycles. The highest BCUT2D eigenvalue weighted by molar-refractivity contribution is 6.30. The van der Waals surface area contributed by atoms with Crippen molar-refractivity contribution in [1.29, 1.82) is 0 Å². The van der Waals surface area contributed by atoms with Gasteiger partial charge in [0.25, 0.3) is 0 Å². The number of carboxylic acid groups (broad SMARTS) is 1. The van der Waals surface area contributed by atoms with Gasteiger partial charge in [-0.25, -0.2) is 0 Å². The van der Waals surface area contributed by atoms with Crippen LogP contribution >= 0.6 is 11.6 Å². The topological polar surface area (TPSA) is 55.8 Å². The SMILES string of the molecule is O=C(O)C[C@@H]1COc2cc(O[C@@H]3CCc4c3ccc(C(F)(F)F)c4Cc3ccc(Cl)cc3)ccc21. The number of carbonyl (C=O) groups is 1. The van der Waals surface area contributed by atoms with Crippen molar-refractivity contribution < 1.29 is 32.5 Å². The molecule has 0 saturated heterocycles. The number of carboxylic acids is 1. The number of benzene rings is 3. The van der Waals surface area contributed by atoms with Crippen molar-refractivity contribution >= 4 is 17.6 Å². The van der Waals surface area contributed by atoms with Gasteiger partial charge in [0.2, 0.25) is 0 Å². The van der Waals surface area contributed by atoms with Crippen LogP contribution in [0.1, 0.15) is 58.2 Å². The van der Waals surface area contributed by atoms with E-state index in [2.05, 4.69) is 0 Å². The fraction of sp³-hybridized carbons (Fsp3) is 0.296. The van der Waals surface area contributed by atoms with Crippen LogP contribution in [0.15, 0.2) is 54.6 Å². The van der Waals surface area contributed by atoms with Crippen LogP contribution in [0.2, 0.25) is 5.02 Å². The van der Waals surface area contributed by atoms with E-state index in [0.29, 0.717) is 41.5 Å². The van der Waals surface area contributed by atoms with E-state index in [1.165, 1.54) is 6.07 Å². The third-order valence-corrected chi connectivity index (χ3v) is 6.89. The van der Waals surface area contributed by atoms with Gasteiger partial charge in [-0.05, 0) is 65.8 Å². The number of hydrogen-bond donors (Lipinski definition) is 1. The molecule has 1 N–H and O–H groups in total. The van der Waals surface area contributed by atoms with Crippen molar-refractivity contribution in [2.24, 2.45) is 0 Å². The van der Waals surface area contributed by atoms with Crippen molar-refractivity contribution in [3.8, 4) is 11.5 Å². The summed E-state index contributed by atoms with van der Waals surface area (Å²) in [5.41, 5.74) is 2.67. The molecule has 2 aliphatic rings. The quantitative estimate of drug-likeness (QED) is 0.395. The number of alkyl halides is 3. The van der Waals surface area contributed by atoms with Crippen molar-refractivity contribution in [1.82, 2.24) is 0 Å². The summed E-state index contributed by atoms with van der Waals surface area (Å²) >= 11 is 5.94. The normalized spacial score (nSPS) is 18.6. The molecule has 5 rings (SSSR count). The van der Waals surface area contributed by atoms with Gasteiger partial charge in [-0.15, -0.1) is 0 Å². The fourth-order valence-electron chi connectivity index (χ4n) is 5.01. The third-order valence-electron chi connectivity index (χ3n) is 6.63. The minimum absolute atomic E-state index is 0.0128. The molecule has 0 spiro atoms. The number of aliphatic carboxylic acids is 1. The summed E-state index contributed by atoms with van der Waals surface area (Å²) < 4.78 is 53.4. The fourth-order valence-corrected chi connectivity index (χ4v) is 5.14. The van der Waals surface area contributed by atoms with Gasteiger partial charge in [0, 0.05) is 22.6 Å². The predicted octanol–water partition coefficient (Wildman–Crippen LogP) is 6.97. The van der Waals surface area contributed by atoms with E-state index in [4.69, 9.17) is 26.2 Å². The Morgan fingerprint density at radius 2 is 1.83 bits per heavy atom. The van der Waals surface area contributed by atoms with Crippen molar-refractivity contribution in [3.63, 3.8) is 0 Å². The maximum atomic E-state index is 13.9. The van der Waals surface area contributed by atoms with E-state index in [9.17, 15) is 18.0 Å². The molecule has 0 saturated carbocycles. The van der Waals surface area contributed by atoms with Crippen LogP contribution in [0, 0.1) is 0 Å². The Morgan fingerprint density at radius 1 is 1.09 bits per heavy atom. The second-order valence-corrected chi connectivity index (χ2v) is 9.35. The van der Waals surface area contributed by atoms with Gasteiger partial charge in [-0.1, -0.05) is 35.9 Å². The Bertz CT molecular complexity index is 1270. The van der Waals surface area contributed by atoms with Crippen LogP contribution < -0.4 is 9.47 Å². The molecule has 4 nitrogen and oxygen atoms in total. The van der Waals surface area contributed by atoms with Gasteiger partial charge in [-0.2, -0.15) is 13.2 Å². The molecule has 35 heavy (non-hydrogen) atoms. The summed E-state index contributed by atoms with van der Waals surface area (Å²) in [5.74, 6) is 0.0292. The largest absolute Gasteiger partial charge is 0.492 e. The Balaban J connectivity index is 1.42. The molecule has 0 amide bonds. The Labute approximate surface area is 205 Å². The van der Waals surface area contributed by atoms with Crippen molar-refractivity contribution in [2.45, 2.75) is 43.9 Å². The average Bonchev–Trinajstić information content (AvgIpc) is 3.38. The smallest absolute Gasteiger partial charge is 0.416 e. The summed E-state index contributed by atoms with van der Waals surface area (Å²) in [4.78, 5) is 11.1. The molecule has 1 aliphatic heterocycles. The first-order valence-corrected chi connectivity index (χ1v) is 11.7. The maximum absolute atomic E-state index is 13.9. The zero-order chi connectivity index (χ0) is 24.7. The first-order chi connectivity index (χ1) is 16.7. The van der Waals surface area contributed by atoms with Crippen LogP contribution in [0.5, 0.6) is 11.5 Å². The van der Waals surface area contributed by atoms with E-state index < -0.39 is 17.7 Å². The van der Waals surface area contributed by atoms with E-state index in [1.54, 1.807) is 42.5 Å². The molecular weight excluding hydrogens is 481 g/mol. The zero-order valence-electron chi connectivity index (χ0n) is 18.6. The molecule has 8 heteroatoms. The van der Waals surface area contributed by atoms with Gasteiger partial charge in [-0.3, -0.25) is 4.79 Å². The lowest BCUT2D eigenvalue weighted by molar-refractivity contribution is -0.138. The summed E-state index contributed by atoms with van der Waals surface area (Å²) in [7, 11) is 0. The molecule has 3 aromatic rings. The lowest BCUT2D eigenvalue weighted by Crippen LogP contribution is -2.13. The van der Waals surface area contributed by atoms with Gasteiger partial charge < -0.3 is 14.6 Å². The standard InChI is InChI=1S/C27H22ClF3O4/c28-17-3-1-15(2-4-17)11-22-20-8-10-24(21(20)7-9-23(22)27(29,30)31)35-18-5-6-19-16(12-26(32)33)14-34-25(19)13-18/h1-7,9,13,16,24H,8,10-12,14H2,(H,32,33)/t16-,24-/m1/s1. The molecule has 0 radical (unpaired) electrons. The second kappa shape index (κ2) is 9.11. The van der Waals surface area contributed by atoms with Crippen LogP contribution in [0.3, 0.4) is 0 Å². The number of ether oxygens (including phenoxy) is 2. The Morgan fingerprint density at radius 3 is 2.54 bits per heavy atom. The molecule has 182 valence electrons. The minimum Gasteiger partial charge on any atom is -0.492 e. The number of rotatable bonds is 6. The van der Waals surface area contributed by atoms with Crippen molar-refractivity contribution in [2.75, 3.05) is 6.61 Å². The van der Waals surface area contributed by atoms with Crippen LogP contribution in [0.4, 0.5) is 13.2 Å². The molecule has 0 bridgehead atoms. The highest BCUT2D eigenvalue weighted by atomic mass is 35.5. The Kier molecular flexibility index (Phi) is 6.13. The molecule has 0 unspecified atom stereocenters. The monoisotopic (exact) mass is 502 g/mol. The third kappa shape index (κ3) is 4.82. The molecule has 2 atom stereocenters. The molecule has 1 heterocycles. The van der Waals surface area contributed by atoms with Crippen LogP contribution in [-0.4, -0.2) is 17.7 Å². The maximum Gasteiger partial charge on any atom is 0.416 e. The van der Waals surface area contributed by atoms with Gasteiger partial charge >= 0.3 is 12.1 Å². The highest BCUT2D eigenvalue weighted by Gasteiger charge is 2.37. The molecule has 0 fully saturated rings. The summed E-state index contributed by atoms with van der Waals surface area (Å²) in [5, 5.41) is 9.61. The lowest BCUT2D eigenvalue weighted by Gasteiger charge is -2.20. The minimum atomic E-state index is -4.46. The number of halogens is 4. The second-order valence-electron chi connectivity index (χ2n) is 8.91. The van der Waals surface area contributed by atoms with Crippen LogP contribution in [0.25, 0.3) is 0 Å². The Hall–Kier alpha value is -3.19. The molecular formula is C27H22ClF3O4. The number of fused-ring (bicyclic) bond motifs is 2. The zero-order valence-corrected chi connectivity index (χ0v) is 19.3. The van der Waals surface area contributed by atoms with Crippen molar-refractivity contribution in [3.05, 3.63) is 93.0 Å². The summed E-state index contributed by atoms with van der Waals surface area (Å²) in [6, 6.07) is 14.8. The van der Waals surface area contributed by atoms with E-state index in [-0.39, 0.29) is 30.4 Å². The number of hydrogen-bond acceptors (Lipinski definition) is 3. The highest BCUT2D eigenvalue weighted by Crippen LogP contribution is 2.44. The first-order valence-electron chi connectivity index (χ1n) is 11.3. The summed E-state index contributed by atoms with van der Waals surface area (Å²) in [6.45, 7) is 0.297. The van der Waals surface area contributed by atoms with Crippen LogP contribution in [-0.2, 0) is 23.8 Å². The molecule has 1 aliphatic carbocycles. The summed E-state index contributed by atoms with van der Waals surface area (Å²) in [6.07, 6.45) is -3.66. The van der Waals surface area contributed by atoms with Gasteiger partial charge in [0.05, 0.1) is 18.6 Å². The van der Waals surface area contributed by atoms with E-state index in [0.717, 1.165) is 22.8 Å². The molecule has 3 aromatic carbocycles. The van der Waals surface area contributed by atoms with Gasteiger partial charge in [0.1, 0.15) is 17.6 Å². The average molecular weight is 503 g/mol. The van der Waals surface area contributed by atoms with E-state index >= 15 is 0 Å². The first kappa shape index (κ1) is 23.5. The van der Waals surface area contributed by atoms with E-state index in [1.807, 2.05) is 0 Å². The lowest BCUT2D eigenvalue weighted by atomic mass is 9.92.